The lowest BCUT2D eigenvalue weighted by Gasteiger charge is -2.32. The van der Waals surface area contributed by atoms with Crippen LogP contribution in [0.1, 0.15) is 43.7 Å². The first-order valence-electron chi connectivity index (χ1n) is 13.3. The molecule has 3 aromatic carbocycles. The van der Waals surface area contributed by atoms with E-state index in [-0.39, 0.29) is 39.1 Å². The summed E-state index contributed by atoms with van der Waals surface area (Å²) >= 11 is 18.6. The van der Waals surface area contributed by atoms with E-state index < -0.39 is 28.5 Å². The number of aryl methyl sites for hydroxylation is 1. The fourth-order valence-electron chi connectivity index (χ4n) is 4.81. The monoisotopic (exact) mass is 635 g/mol. The molecule has 0 aliphatic heterocycles. The second kappa shape index (κ2) is 13.5. The maximum Gasteiger partial charge on any atom is 0.264 e. The molecule has 0 spiro atoms. The van der Waals surface area contributed by atoms with Gasteiger partial charge < -0.3 is 10.2 Å². The smallest absolute Gasteiger partial charge is 0.264 e. The Hall–Kier alpha value is -2.78. The Morgan fingerprint density at radius 1 is 0.951 bits per heavy atom. The van der Waals surface area contributed by atoms with Gasteiger partial charge in [-0.1, -0.05) is 77.5 Å². The number of amides is 2. The van der Waals surface area contributed by atoms with Crippen LogP contribution in [-0.2, 0) is 26.2 Å². The van der Waals surface area contributed by atoms with Crippen LogP contribution in [0.25, 0.3) is 0 Å². The van der Waals surface area contributed by atoms with Crippen LogP contribution in [0, 0.1) is 6.92 Å². The summed E-state index contributed by atoms with van der Waals surface area (Å²) in [6.45, 7) is 2.97. The van der Waals surface area contributed by atoms with Crippen molar-refractivity contribution in [2.24, 2.45) is 0 Å². The molecule has 3 aromatic rings. The Morgan fingerprint density at radius 3 is 2.27 bits per heavy atom. The summed E-state index contributed by atoms with van der Waals surface area (Å²) in [6.07, 6.45) is 3.86. The molecule has 41 heavy (non-hydrogen) atoms. The van der Waals surface area contributed by atoms with Gasteiger partial charge in [-0.25, -0.2) is 8.42 Å². The van der Waals surface area contributed by atoms with Crippen molar-refractivity contribution in [1.82, 2.24) is 10.2 Å². The molecule has 0 radical (unpaired) electrons. The highest BCUT2D eigenvalue weighted by Crippen LogP contribution is 2.31. The van der Waals surface area contributed by atoms with E-state index in [1.165, 1.54) is 35.2 Å². The summed E-state index contributed by atoms with van der Waals surface area (Å²) < 4.78 is 28.8. The third kappa shape index (κ3) is 7.74. The van der Waals surface area contributed by atoms with E-state index in [9.17, 15) is 18.0 Å². The normalized spacial score (nSPS) is 14.5. The molecule has 1 saturated carbocycles. The van der Waals surface area contributed by atoms with Crippen LogP contribution < -0.4 is 9.62 Å². The Labute approximate surface area is 256 Å². The van der Waals surface area contributed by atoms with E-state index in [0.29, 0.717) is 10.6 Å². The quantitative estimate of drug-likeness (QED) is 0.271. The zero-order valence-electron chi connectivity index (χ0n) is 22.8. The molecule has 1 aliphatic rings. The van der Waals surface area contributed by atoms with Gasteiger partial charge in [-0.05, 0) is 74.7 Å². The molecule has 4 rings (SSSR count). The summed E-state index contributed by atoms with van der Waals surface area (Å²) in [4.78, 5) is 28.7. The van der Waals surface area contributed by atoms with Gasteiger partial charge in [-0.3, -0.25) is 13.9 Å². The van der Waals surface area contributed by atoms with E-state index in [1.54, 1.807) is 43.3 Å². The van der Waals surface area contributed by atoms with Crippen LogP contribution in [0.4, 0.5) is 5.69 Å². The van der Waals surface area contributed by atoms with Crippen LogP contribution in [-0.4, -0.2) is 43.8 Å². The summed E-state index contributed by atoms with van der Waals surface area (Å²) in [5.41, 5.74) is 1.75. The maximum atomic E-state index is 14.0. The van der Waals surface area contributed by atoms with Crippen LogP contribution in [0.5, 0.6) is 0 Å². The second-order valence-corrected chi connectivity index (χ2v) is 13.4. The van der Waals surface area contributed by atoms with Crippen LogP contribution >= 0.6 is 34.8 Å². The molecule has 0 saturated heterocycles. The Kier molecular flexibility index (Phi) is 10.2. The van der Waals surface area contributed by atoms with Crippen molar-refractivity contribution in [3.63, 3.8) is 0 Å². The number of nitrogens with one attached hydrogen (secondary N) is 1. The van der Waals surface area contributed by atoms with Crippen molar-refractivity contribution >= 4 is 62.3 Å². The molecule has 0 unspecified atom stereocenters. The highest BCUT2D eigenvalue weighted by molar-refractivity contribution is 7.92. The average Bonchev–Trinajstić information content (AvgIpc) is 3.44. The standard InChI is InChI=1S/C30H32Cl3N3O4S/c1-20-10-13-26(14-11-20)41(39,40)36(25-12-15-27(32)28(33)17-25)19-29(37)35(18-22-6-5-7-23(31)16-22)21(2)30(38)34-24-8-3-4-9-24/h5-7,10-17,21,24H,3-4,8-9,18-19H2,1-2H3,(H,34,38)/t21-/m1/s1. The van der Waals surface area contributed by atoms with Crippen molar-refractivity contribution in [2.45, 2.75) is 63.1 Å². The number of carbonyl (C=O) groups excluding carboxylic acids is 2. The lowest BCUT2D eigenvalue weighted by Crippen LogP contribution is -2.52. The molecule has 0 aromatic heterocycles. The molecule has 1 fully saturated rings. The minimum Gasteiger partial charge on any atom is -0.352 e. The third-order valence-corrected chi connectivity index (χ3v) is 9.95. The van der Waals surface area contributed by atoms with Crippen molar-refractivity contribution in [1.29, 1.82) is 0 Å². The number of carbonyl (C=O) groups is 2. The predicted octanol–water partition coefficient (Wildman–Crippen LogP) is 6.63. The molecule has 11 heteroatoms. The Balaban J connectivity index is 1.70. The van der Waals surface area contributed by atoms with Crippen molar-refractivity contribution in [3.05, 3.63) is 92.9 Å². The number of halogens is 3. The minimum absolute atomic E-state index is 0.00962. The highest BCUT2D eigenvalue weighted by atomic mass is 35.5. The van der Waals surface area contributed by atoms with Crippen LogP contribution in [0.2, 0.25) is 15.1 Å². The molecule has 2 amide bonds. The number of benzene rings is 3. The van der Waals surface area contributed by atoms with Gasteiger partial charge >= 0.3 is 0 Å². The van der Waals surface area contributed by atoms with Crippen LogP contribution in [0.3, 0.4) is 0 Å². The number of nitrogens with zero attached hydrogens (tertiary/aromatic N) is 2. The van der Waals surface area contributed by atoms with Gasteiger partial charge in [0.05, 0.1) is 20.6 Å². The lowest BCUT2D eigenvalue weighted by atomic mass is 10.1. The topological polar surface area (TPSA) is 86.8 Å². The van der Waals surface area contributed by atoms with Gasteiger partial charge in [0.25, 0.3) is 10.0 Å². The van der Waals surface area contributed by atoms with Crippen molar-refractivity contribution in [3.8, 4) is 0 Å². The molecule has 1 aliphatic carbocycles. The molecule has 218 valence electrons. The van der Waals surface area contributed by atoms with Gasteiger partial charge in [-0.15, -0.1) is 0 Å². The highest BCUT2D eigenvalue weighted by Gasteiger charge is 2.33. The van der Waals surface area contributed by atoms with Crippen LogP contribution in [0.15, 0.2) is 71.6 Å². The molecular weight excluding hydrogens is 605 g/mol. The lowest BCUT2D eigenvalue weighted by molar-refractivity contribution is -0.139. The first kappa shape index (κ1) is 31.2. The van der Waals surface area contributed by atoms with Crippen molar-refractivity contribution < 1.29 is 18.0 Å². The van der Waals surface area contributed by atoms with E-state index in [2.05, 4.69) is 5.32 Å². The van der Waals surface area contributed by atoms with Gasteiger partial charge in [0.1, 0.15) is 12.6 Å². The van der Waals surface area contributed by atoms with Gasteiger partial charge in [-0.2, -0.15) is 0 Å². The number of hydrogen-bond donors (Lipinski definition) is 1. The van der Waals surface area contributed by atoms with Gasteiger partial charge in [0.2, 0.25) is 11.8 Å². The molecule has 1 atom stereocenters. The summed E-state index contributed by atoms with van der Waals surface area (Å²) in [5, 5.41) is 3.92. The largest absolute Gasteiger partial charge is 0.352 e. The molecule has 1 N–H and O–H groups in total. The molecule has 0 heterocycles. The Bertz CT molecular complexity index is 1510. The number of rotatable bonds is 10. The Morgan fingerprint density at radius 2 is 1.63 bits per heavy atom. The van der Waals surface area contributed by atoms with Gasteiger partial charge in [0.15, 0.2) is 0 Å². The van der Waals surface area contributed by atoms with E-state index in [0.717, 1.165) is 35.6 Å². The fraction of sp³-hybridized carbons (Fsp3) is 0.333. The zero-order chi connectivity index (χ0) is 29.7. The first-order chi connectivity index (χ1) is 19.5. The number of sulfonamides is 1. The SMILES string of the molecule is Cc1ccc(S(=O)(=O)N(CC(=O)N(Cc2cccc(Cl)c2)[C@H](C)C(=O)NC2CCCC2)c2ccc(Cl)c(Cl)c2)cc1. The molecular formula is C30H32Cl3N3O4S. The average molecular weight is 637 g/mol. The first-order valence-corrected chi connectivity index (χ1v) is 15.9. The number of anilines is 1. The summed E-state index contributed by atoms with van der Waals surface area (Å²) in [7, 11) is -4.21. The maximum absolute atomic E-state index is 14.0. The van der Waals surface area contributed by atoms with E-state index in [1.807, 2.05) is 6.92 Å². The summed E-state index contributed by atoms with van der Waals surface area (Å²) in [5.74, 6) is -0.865. The predicted molar refractivity (Wildman–Crippen MR) is 164 cm³/mol. The zero-order valence-corrected chi connectivity index (χ0v) is 25.9. The summed E-state index contributed by atoms with van der Waals surface area (Å²) in [6, 6.07) is 16.9. The van der Waals surface area contributed by atoms with E-state index >= 15 is 0 Å². The second-order valence-electron chi connectivity index (χ2n) is 10.2. The third-order valence-electron chi connectivity index (χ3n) is 7.19. The molecule has 7 nitrogen and oxygen atoms in total. The number of hydrogen-bond acceptors (Lipinski definition) is 4. The molecule has 0 bridgehead atoms. The van der Waals surface area contributed by atoms with E-state index in [4.69, 9.17) is 34.8 Å². The van der Waals surface area contributed by atoms with Crippen molar-refractivity contribution in [2.75, 3.05) is 10.8 Å². The minimum atomic E-state index is -4.21. The van der Waals surface area contributed by atoms with Gasteiger partial charge in [0, 0.05) is 17.6 Å². The fourth-order valence-corrected chi connectivity index (χ4v) is 6.72.